The predicted octanol–water partition coefficient (Wildman–Crippen LogP) is 0.785. The molecular formula is C16H18N6O2. The topological polar surface area (TPSA) is 108 Å². The second-order valence-corrected chi connectivity index (χ2v) is 5.41. The largest absolute Gasteiger partial charge is 0.347 e. The minimum absolute atomic E-state index is 0.104. The third-order valence-electron chi connectivity index (χ3n) is 3.63. The molecule has 1 amide bonds. The lowest BCUT2D eigenvalue weighted by atomic mass is 10.1. The van der Waals surface area contributed by atoms with Gasteiger partial charge in [0.1, 0.15) is 5.82 Å². The molecular weight excluding hydrogens is 308 g/mol. The normalized spacial score (nSPS) is 12.0. The summed E-state index contributed by atoms with van der Waals surface area (Å²) in [6.07, 6.45) is 5.90. The first-order valence-corrected chi connectivity index (χ1v) is 7.64. The molecule has 0 aliphatic heterocycles. The van der Waals surface area contributed by atoms with Gasteiger partial charge in [-0.15, -0.1) is 0 Å². The molecule has 1 aromatic carbocycles. The van der Waals surface area contributed by atoms with Gasteiger partial charge in [-0.25, -0.2) is 14.9 Å². The van der Waals surface area contributed by atoms with E-state index in [9.17, 15) is 9.59 Å². The monoisotopic (exact) mass is 326 g/mol. The highest BCUT2D eigenvalue weighted by atomic mass is 16.2. The number of hydrogen-bond acceptors (Lipinski definition) is 4. The Hall–Kier alpha value is -3.16. The molecule has 0 saturated heterocycles. The highest BCUT2D eigenvalue weighted by Crippen LogP contribution is 2.15. The van der Waals surface area contributed by atoms with Crippen LogP contribution in [0.3, 0.4) is 0 Å². The Morgan fingerprint density at radius 1 is 1.29 bits per heavy atom. The lowest BCUT2D eigenvalue weighted by molar-refractivity contribution is -0.121. The summed E-state index contributed by atoms with van der Waals surface area (Å²) in [5.41, 5.74) is 0.653. The molecule has 3 rings (SSSR count). The van der Waals surface area contributed by atoms with Crippen LogP contribution >= 0.6 is 0 Å². The lowest BCUT2D eigenvalue weighted by Gasteiger charge is -2.19. The molecule has 2 aromatic heterocycles. The zero-order chi connectivity index (χ0) is 16.8. The number of carbonyl (C=O) groups excluding carboxylic acids is 1. The van der Waals surface area contributed by atoms with E-state index in [0.29, 0.717) is 18.8 Å². The van der Waals surface area contributed by atoms with Crippen LogP contribution in [0.25, 0.3) is 0 Å². The van der Waals surface area contributed by atoms with E-state index in [1.807, 2.05) is 41.1 Å². The fraction of sp³-hybridized carbons (Fsp3) is 0.250. The van der Waals surface area contributed by atoms with Gasteiger partial charge in [0.2, 0.25) is 5.91 Å². The van der Waals surface area contributed by atoms with Crippen LogP contribution in [0, 0.1) is 0 Å². The van der Waals surface area contributed by atoms with Crippen LogP contribution in [0.2, 0.25) is 0 Å². The molecule has 1 atom stereocenters. The minimum Gasteiger partial charge on any atom is -0.347 e. The Kier molecular flexibility index (Phi) is 4.85. The molecule has 0 spiro atoms. The Balaban J connectivity index is 1.64. The molecule has 0 radical (unpaired) electrons. The van der Waals surface area contributed by atoms with Gasteiger partial charge < -0.3 is 9.88 Å². The maximum absolute atomic E-state index is 12.3. The van der Waals surface area contributed by atoms with Gasteiger partial charge in [-0.05, 0) is 5.56 Å². The van der Waals surface area contributed by atoms with Gasteiger partial charge in [0.25, 0.3) is 0 Å². The van der Waals surface area contributed by atoms with Crippen molar-refractivity contribution < 1.29 is 4.79 Å². The van der Waals surface area contributed by atoms with Crippen molar-refractivity contribution in [2.45, 2.75) is 25.4 Å². The van der Waals surface area contributed by atoms with Gasteiger partial charge in [0, 0.05) is 31.8 Å². The Morgan fingerprint density at radius 3 is 2.79 bits per heavy atom. The number of benzene rings is 1. The van der Waals surface area contributed by atoms with E-state index in [2.05, 4.69) is 25.5 Å². The van der Waals surface area contributed by atoms with E-state index in [1.165, 1.54) is 0 Å². The number of hydrogen-bond donors (Lipinski definition) is 3. The van der Waals surface area contributed by atoms with Crippen LogP contribution in [-0.4, -0.2) is 30.6 Å². The van der Waals surface area contributed by atoms with Gasteiger partial charge >= 0.3 is 5.69 Å². The summed E-state index contributed by atoms with van der Waals surface area (Å²) >= 11 is 0. The average Bonchev–Trinajstić information content (AvgIpc) is 3.25. The summed E-state index contributed by atoms with van der Waals surface area (Å²) in [6, 6.07) is 9.62. The second-order valence-electron chi connectivity index (χ2n) is 5.41. The average molecular weight is 326 g/mol. The van der Waals surface area contributed by atoms with E-state index in [1.54, 1.807) is 12.5 Å². The molecule has 124 valence electrons. The van der Waals surface area contributed by atoms with Crippen molar-refractivity contribution in [3.63, 3.8) is 0 Å². The van der Waals surface area contributed by atoms with Crippen LogP contribution in [0.15, 0.2) is 53.8 Å². The zero-order valence-corrected chi connectivity index (χ0v) is 13.0. The van der Waals surface area contributed by atoms with Crippen molar-refractivity contribution in [3.8, 4) is 0 Å². The minimum atomic E-state index is -0.368. The van der Waals surface area contributed by atoms with E-state index >= 15 is 0 Å². The van der Waals surface area contributed by atoms with Crippen molar-refractivity contribution in [2.75, 3.05) is 0 Å². The van der Waals surface area contributed by atoms with Crippen molar-refractivity contribution >= 4 is 5.91 Å². The molecule has 8 heteroatoms. The molecule has 8 nitrogen and oxygen atoms in total. The molecule has 0 saturated carbocycles. The van der Waals surface area contributed by atoms with Crippen molar-refractivity contribution in [1.29, 1.82) is 0 Å². The number of imidazole rings is 1. The second kappa shape index (κ2) is 7.40. The fourth-order valence-corrected chi connectivity index (χ4v) is 2.45. The number of aromatic nitrogens is 5. The van der Waals surface area contributed by atoms with Gasteiger partial charge in [0.15, 0.2) is 0 Å². The summed E-state index contributed by atoms with van der Waals surface area (Å²) in [5, 5.41) is 9.12. The quantitative estimate of drug-likeness (QED) is 0.596. The maximum atomic E-state index is 12.3. The molecule has 3 N–H and O–H groups in total. The van der Waals surface area contributed by atoms with Crippen molar-refractivity contribution in [1.82, 2.24) is 30.0 Å². The summed E-state index contributed by atoms with van der Waals surface area (Å²) in [5.74, 6) is 0.369. The van der Waals surface area contributed by atoms with Gasteiger partial charge in [-0.2, -0.15) is 5.10 Å². The van der Waals surface area contributed by atoms with E-state index in [-0.39, 0.29) is 24.1 Å². The predicted molar refractivity (Wildman–Crippen MR) is 87.1 cm³/mol. The van der Waals surface area contributed by atoms with E-state index in [0.717, 1.165) is 5.56 Å². The number of H-pyrrole nitrogens is 2. The Bertz CT molecular complexity index is 822. The molecule has 2 heterocycles. The first-order chi connectivity index (χ1) is 11.7. The molecule has 0 fully saturated rings. The van der Waals surface area contributed by atoms with Crippen LogP contribution < -0.4 is 11.0 Å². The number of aryl methyl sites for hydroxylation is 1. The third kappa shape index (κ3) is 4.19. The van der Waals surface area contributed by atoms with Gasteiger partial charge in [-0.3, -0.25) is 9.78 Å². The van der Waals surface area contributed by atoms with Gasteiger partial charge in [0.05, 0.1) is 12.4 Å². The summed E-state index contributed by atoms with van der Waals surface area (Å²) in [6.45, 7) is 0.592. The molecule has 3 aromatic rings. The maximum Gasteiger partial charge on any atom is 0.340 e. The number of nitrogens with one attached hydrogen (secondary N) is 3. The molecule has 0 bridgehead atoms. The highest BCUT2D eigenvalue weighted by Gasteiger charge is 2.15. The highest BCUT2D eigenvalue weighted by molar-refractivity contribution is 5.76. The number of nitrogens with zero attached hydrogens (tertiary/aromatic N) is 3. The van der Waals surface area contributed by atoms with E-state index < -0.39 is 0 Å². The molecule has 0 aliphatic carbocycles. The smallest absolute Gasteiger partial charge is 0.340 e. The number of aromatic amines is 2. The van der Waals surface area contributed by atoms with E-state index in [4.69, 9.17) is 0 Å². The Labute approximate surface area is 137 Å². The third-order valence-corrected chi connectivity index (χ3v) is 3.63. The summed E-state index contributed by atoms with van der Waals surface area (Å²) in [7, 11) is 0. The number of rotatable bonds is 7. The van der Waals surface area contributed by atoms with Crippen LogP contribution in [0.5, 0.6) is 0 Å². The number of amides is 1. The Morgan fingerprint density at radius 2 is 2.12 bits per heavy atom. The fourth-order valence-electron chi connectivity index (χ4n) is 2.45. The molecule has 1 unspecified atom stereocenters. The van der Waals surface area contributed by atoms with Crippen LogP contribution in [-0.2, 0) is 17.8 Å². The summed E-state index contributed by atoms with van der Waals surface area (Å²) in [4.78, 5) is 29.8. The summed E-state index contributed by atoms with van der Waals surface area (Å²) < 4.78 is 1.92. The van der Waals surface area contributed by atoms with Crippen LogP contribution in [0.4, 0.5) is 0 Å². The molecule has 0 aliphatic rings. The van der Waals surface area contributed by atoms with Crippen molar-refractivity contribution in [2.24, 2.45) is 0 Å². The lowest BCUT2D eigenvalue weighted by Crippen LogP contribution is -2.31. The van der Waals surface area contributed by atoms with Crippen LogP contribution in [0.1, 0.15) is 23.9 Å². The molecule has 24 heavy (non-hydrogen) atoms. The first kappa shape index (κ1) is 15.7. The van der Waals surface area contributed by atoms with Gasteiger partial charge in [-0.1, -0.05) is 30.3 Å². The standard InChI is InChI=1S/C16H18N6O2/c23-15(7-6-14-19-16(24)21-20-14)18-13(10-22-9-8-17-11-22)12-4-2-1-3-5-12/h1-5,8-9,11,13H,6-7,10H2,(H,18,23)(H2,19,20,21,24). The number of carbonyl (C=O) groups is 1. The SMILES string of the molecule is O=C(CCc1n[nH]c(=O)[nH]1)NC(Cn1ccnc1)c1ccccc1. The first-order valence-electron chi connectivity index (χ1n) is 7.64. The van der Waals surface area contributed by atoms with Crippen molar-refractivity contribution in [3.05, 3.63) is 70.9 Å². The zero-order valence-electron chi connectivity index (χ0n) is 13.0.